The maximum atomic E-state index is 10.1. The van der Waals surface area contributed by atoms with Crippen molar-refractivity contribution in [2.75, 3.05) is 14.2 Å². The van der Waals surface area contributed by atoms with E-state index in [4.69, 9.17) is 26.4 Å². The second-order valence-corrected chi connectivity index (χ2v) is 5.75. The first-order chi connectivity index (χ1) is 13.1. The molecule has 2 N–H and O–H groups in total. The first-order valence-electron chi connectivity index (χ1n) is 7.96. The van der Waals surface area contributed by atoms with Gasteiger partial charge >= 0.3 is 0 Å². The summed E-state index contributed by atoms with van der Waals surface area (Å²) in [5.74, 6) is 2.15. The molecule has 27 heavy (non-hydrogen) atoms. The Morgan fingerprint density at radius 3 is 2.74 bits per heavy atom. The highest BCUT2D eigenvalue weighted by atomic mass is 32.1. The summed E-state index contributed by atoms with van der Waals surface area (Å²) in [7, 11) is 3.07. The van der Waals surface area contributed by atoms with Crippen LogP contribution in [0.25, 0.3) is 0 Å². The number of hydrogen-bond acceptors (Lipinski definition) is 7. The molecule has 0 aliphatic heterocycles. The van der Waals surface area contributed by atoms with Crippen molar-refractivity contribution in [3.8, 4) is 23.0 Å². The minimum absolute atomic E-state index is 0.00653. The largest absolute Gasteiger partial charge is 0.504 e. The highest BCUT2D eigenvalue weighted by Gasteiger charge is 2.08. The fourth-order valence-electron chi connectivity index (χ4n) is 2.30. The van der Waals surface area contributed by atoms with Gasteiger partial charge in [0.25, 0.3) is 0 Å². The molecule has 0 spiro atoms. The van der Waals surface area contributed by atoms with Gasteiger partial charge in [-0.25, -0.2) is 5.10 Å². The van der Waals surface area contributed by atoms with Crippen LogP contribution in [-0.4, -0.2) is 40.4 Å². The van der Waals surface area contributed by atoms with Gasteiger partial charge in [-0.15, -0.1) is 0 Å². The number of phenolic OH excluding ortho intramolecular Hbond substituents is 1. The van der Waals surface area contributed by atoms with Crippen LogP contribution < -0.4 is 14.2 Å². The lowest BCUT2D eigenvalue weighted by Gasteiger charge is -2.07. The molecule has 1 heterocycles. The van der Waals surface area contributed by atoms with Gasteiger partial charge < -0.3 is 19.3 Å². The quantitative estimate of drug-likeness (QED) is 0.479. The number of aromatic amines is 1. The topological polar surface area (TPSA) is 93.9 Å². The fraction of sp³-hybridized carbons (Fsp3) is 0.167. The number of aromatic nitrogens is 3. The maximum Gasteiger partial charge on any atom is 0.216 e. The number of H-pyrrole nitrogens is 1. The molecule has 2 aromatic carbocycles. The number of nitrogens with one attached hydrogen (secondary N) is 1. The molecule has 1 aromatic heterocycles. The van der Waals surface area contributed by atoms with Crippen LogP contribution in [0.4, 0.5) is 0 Å². The molecule has 9 heteroatoms. The summed E-state index contributed by atoms with van der Waals surface area (Å²) < 4.78 is 17.7. The van der Waals surface area contributed by atoms with E-state index in [1.165, 1.54) is 18.0 Å². The Morgan fingerprint density at radius 2 is 1.96 bits per heavy atom. The number of rotatable bonds is 7. The van der Waals surface area contributed by atoms with E-state index in [-0.39, 0.29) is 12.4 Å². The minimum atomic E-state index is -0.00653. The Balaban J connectivity index is 1.79. The number of methoxy groups -OCH3 is 2. The van der Waals surface area contributed by atoms with Gasteiger partial charge in [0.15, 0.2) is 17.3 Å². The second-order valence-electron chi connectivity index (χ2n) is 5.37. The average Bonchev–Trinajstić information content (AvgIpc) is 3.05. The molecule has 3 rings (SSSR count). The predicted octanol–water partition coefficient (Wildman–Crippen LogP) is 3.12. The lowest BCUT2D eigenvalue weighted by molar-refractivity contribution is 0.288. The molecule has 0 unspecified atom stereocenters. The third-order valence-electron chi connectivity index (χ3n) is 3.69. The summed E-state index contributed by atoms with van der Waals surface area (Å²) in [5, 5.41) is 21.2. The van der Waals surface area contributed by atoms with Crippen molar-refractivity contribution in [3.05, 3.63) is 58.6 Å². The third kappa shape index (κ3) is 4.26. The molecule has 0 radical (unpaired) electrons. The van der Waals surface area contributed by atoms with Crippen LogP contribution in [0.3, 0.4) is 0 Å². The van der Waals surface area contributed by atoms with Crippen LogP contribution in [0.5, 0.6) is 23.0 Å². The third-order valence-corrected chi connectivity index (χ3v) is 3.95. The maximum absolute atomic E-state index is 10.1. The van der Waals surface area contributed by atoms with Gasteiger partial charge in [0.2, 0.25) is 4.77 Å². The monoisotopic (exact) mass is 386 g/mol. The zero-order chi connectivity index (χ0) is 19.2. The molecule has 140 valence electrons. The fourth-order valence-corrected chi connectivity index (χ4v) is 2.50. The van der Waals surface area contributed by atoms with Crippen molar-refractivity contribution in [1.82, 2.24) is 14.9 Å². The number of benzene rings is 2. The van der Waals surface area contributed by atoms with Crippen molar-refractivity contribution < 1.29 is 19.3 Å². The molecule has 0 saturated carbocycles. The highest BCUT2D eigenvalue weighted by Crippen LogP contribution is 2.28. The van der Waals surface area contributed by atoms with Crippen LogP contribution >= 0.6 is 12.2 Å². The van der Waals surface area contributed by atoms with Gasteiger partial charge in [-0.05, 0) is 36.5 Å². The van der Waals surface area contributed by atoms with Crippen LogP contribution in [0.2, 0.25) is 0 Å². The molecular weight excluding hydrogens is 368 g/mol. The molecule has 3 aromatic rings. The van der Waals surface area contributed by atoms with E-state index in [0.717, 1.165) is 0 Å². The summed E-state index contributed by atoms with van der Waals surface area (Å²) in [5.41, 5.74) is 0.483. The van der Waals surface area contributed by atoms with Crippen LogP contribution in [-0.2, 0) is 6.61 Å². The summed E-state index contributed by atoms with van der Waals surface area (Å²) in [6.07, 6.45) is 1.47. The molecule has 0 bridgehead atoms. The van der Waals surface area contributed by atoms with E-state index in [1.807, 2.05) is 18.2 Å². The van der Waals surface area contributed by atoms with Crippen molar-refractivity contribution in [1.29, 1.82) is 0 Å². The van der Waals surface area contributed by atoms with E-state index in [1.54, 1.807) is 31.4 Å². The Kier molecular flexibility index (Phi) is 5.72. The first-order valence-corrected chi connectivity index (χ1v) is 8.36. The number of phenols is 1. The average molecular weight is 386 g/mol. The Labute approximate surface area is 160 Å². The Morgan fingerprint density at radius 1 is 1.19 bits per heavy atom. The number of para-hydroxylation sites is 1. The number of ether oxygens (including phenoxy) is 3. The van der Waals surface area contributed by atoms with Crippen LogP contribution in [0, 0.1) is 4.77 Å². The smallest absolute Gasteiger partial charge is 0.216 e. The lowest BCUT2D eigenvalue weighted by atomic mass is 10.2. The molecule has 0 aliphatic carbocycles. The van der Waals surface area contributed by atoms with E-state index in [0.29, 0.717) is 33.4 Å². The zero-order valence-electron chi connectivity index (χ0n) is 14.7. The number of nitrogens with zero attached hydrogens (tertiary/aromatic N) is 3. The Bertz CT molecular complexity index is 1010. The van der Waals surface area contributed by atoms with E-state index >= 15 is 0 Å². The summed E-state index contributed by atoms with van der Waals surface area (Å²) in [6.45, 7) is 0.141. The van der Waals surface area contributed by atoms with Gasteiger partial charge in [-0.3, -0.25) is 0 Å². The molecule has 0 atom stereocenters. The standard InChI is InChI=1S/C18H18N4O4S/c1-24-13-6-4-7-14(9-13)26-11-16-20-21-18(27)22(16)19-10-12-5-3-8-15(25-2)17(12)23/h3-10,23H,11H2,1-2H3,(H,21,27)/b19-10+. The van der Waals surface area contributed by atoms with E-state index in [2.05, 4.69) is 15.3 Å². The first kappa shape index (κ1) is 18.5. The van der Waals surface area contributed by atoms with Gasteiger partial charge in [0.05, 0.1) is 20.4 Å². The minimum Gasteiger partial charge on any atom is -0.504 e. The van der Waals surface area contributed by atoms with E-state index in [9.17, 15) is 5.11 Å². The predicted molar refractivity (Wildman–Crippen MR) is 102 cm³/mol. The lowest BCUT2D eigenvalue weighted by Crippen LogP contribution is -2.04. The van der Waals surface area contributed by atoms with Crippen LogP contribution in [0.1, 0.15) is 11.4 Å². The van der Waals surface area contributed by atoms with Gasteiger partial charge in [-0.2, -0.15) is 14.9 Å². The van der Waals surface area contributed by atoms with Gasteiger partial charge in [-0.1, -0.05) is 12.1 Å². The molecular formula is C18H18N4O4S. The van der Waals surface area contributed by atoms with Crippen molar-refractivity contribution in [2.24, 2.45) is 5.10 Å². The molecule has 8 nitrogen and oxygen atoms in total. The van der Waals surface area contributed by atoms with Crippen LogP contribution in [0.15, 0.2) is 47.6 Å². The highest BCUT2D eigenvalue weighted by molar-refractivity contribution is 7.71. The summed E-state index contributed by atoms with van der Waals surface area (Å²) in [6, 6.07) is 12.3. The SMILES string of the molecule is COc1cccc(OCc2n[nH]c(=S)n2/N=C/c2cccc(OC)c2O)c1. The number of hydrogen-bond donors (Lipinski definition) is 2. The van der Waals surface area contributed by atoms with Crippen molar-refractivity contribution in [3.63, 3.8) is 0 Å². The number of aromatic hydroxyl groups is 1. The van der Waals surface area contributed by atoms with Crippen molar-refractivity contribution >= 4 is 18.4 Å². The van der Waals surface area contributed by atoms with Gasteiger partial charge in [0, 0.05) is 11.6 Å². The molecule has 0 fully saturated rings. The van der Waals surface area contributed by atoms with Gasteiger partial charge in [0.1, 0.15) is 18.1 Å². The normalized spacial score (nSPS) is 10.9. The summed E-state index contributed by atoms with van der Waals surface area (Å²) in [4.78, 5) is 0. The zero-order valence-corrected chi connectivity index (χ0v) is 15.6. The molecule has 0 aliphatic rings. The Hall–Kier alpha value is -3.33. The molecule has 0 amide bonds. The summed E-state index contributed by atoms with van der Waals surface area (Å²) >= 11 is 5.21. The van der Waals surface area contributed by atoms with Crippen molar-refractivity contribution in [2.45, 2.75) is 6.61 Å². The molecule has 0 saturated heterocycles. The second kappa shape index (κ2) is 8.37. The van der Waals surface area contributed by atoms with E-state index < -0.39 is 0 Å².